The van der Waals surface area contributed by atoms with Gasteiger partial charge in [-0.1, -0.05) is 162 Å². The van der Waals surface area contributed by atoms with Crippen molar-refractivity contribution in [3.05, 3.63) is 210 Å². The molecule has 10 aromatic rings. The molecule has 0 radical (unpaired) electrons. The molecule has 0 saturated heterocycles. The van der Waals surface area contributed by atoms with E-state index in [-0.39, 0.29) is 0 Å². The van der Waals surface area contributed by atoms with E-state index >= 15 is 0 Å². The molecule has 3 nitrogen and oxygen atoms in total. The fourth-order valence-electron chi connectivity index (χ4n) is 6.57. The lowest BCUT2D eigenvalue weighted by Gasteiger charge is -2.05. The molecule has 2 aromatic heterocycles. The number of halogens is 1. The Morgan fingerprint density at radius 3 is 1.34 bits per heavy atom. The number of furan rings is 2. The minimum atomic E-state index is 0.805. The number of hydrogen-bond donors (Lipinski definition) is 1. The molecule has 0 aliphatic heterocycles. The first kappa shape index (κ1) is 33.8. The van der Waals surface area contributed by atoms with Gasteiger partial charge in [0.15, 0.2) is 0 Å². The second kappa shape index (κ2) is 15.5. The van der Waals surface area contributed by atoms with Crippen molar-refractivity contribution >= 4 is 65.5 Å². The summed E-state index contributed by atoms with van der Waals surface area (Å²) in [5.41, 5.74) is 17.7. The maximum Gasteiger partial charge on any atom is 0.136 e. The van der Waals surface area contributed by atoms with Gasteiger partial charge in [-0.25, -0.2) is 0 Å². The third kappa shape index (κ3) is 7.79. The predicted molar refractivity (Wildman–Crippen MR) is 226 cm³/mol. The van der Waals surface area contributed by atoms with Gasteiger partial charge in [0, 0.05) is 31.7 Å². The topological polar surface area (TPSA) is 52.3 Å². The number of rotatable bonds is 4. The summed E-state index contributed by atoms with van der Waals surface area (Å²) in [5, 5.41) is 4.71. The van der Waals surface area contributed by atoms with Crippen LogP contribution in [0.1, 0.15) is 11.1 Å². The maximum absolute atomic E-state index is 6.01. The van der Waals surface area contributed by atoms with Gasteiger partial charge in [0.25, 0.3) is 0 Å². The molecule has 0 amide bonds. The average molecular weight is 751 g/mol. The Morgan fingerprint density at radius 1 is 0.358 bits per heavy atom. The van der Waals surface area contributed by atoms with Crippen molar-refractivity contribution < 1.29 is 8.83 Å². The average Bonchev–Trinajstić information content (AvgIpc) is 3.77. The summed E-state index contributed by atoms with van der Waals surface area (Å²) < 4.78 is 12.8. The highest BCUT2D eigenvalue weighted by Gasteiger charge is 2.08. The molecule has 0 unspecified atom stereocenters. The molecule has 0 bridgehead atoms. The number of nitrogen functional groups attached to an aromatic ring is 1. The van der Waals surface area contributed by atoms with Crippen LogP contribution in [0.3, 0.4) is 0 Å². The number of fused-ring (bicyclic) bond motifs is 6. The summed E-state index contributed by atoms with van der Waals surface area (Å²) in [6.45, 7) is 0. The first-order chi connectivity index (χ1) is 26.1. The van der Waals surface area contributed by atoms with Gasteiger partial charge in [-0.2, -0.15) is 0 Å². The van der Waals surface area contributed by atoms with E-state index in [0.29, 0.717) is 0 Å². The zero-order valence-electron chi connectivity index (χ0n) is 29.0. The van der Waals surface area contributed by atoms with E-state index < -0.39 is 0 Å². The van der Waals surface area contributed by atoms with Crippen LogP contribution in [-0.2, 0) is 6.42 Å². The van der Waals surface area contributed by atoms with Crippen LogP contribution in [0.5, 0.6) is 0 Å². The van der Waals surface area contributed by atoms with Crippen LogP contribution >= 0.6 is 15.9 Å². The fraction of sp³-hybridized carbons (Fsp3) is 0.0204. The third-order valence-electron chi connectivity index (χ3n) is 9.27. The zero-order chi connectivity index (χ0) is 36.0. The molecule has 256 valence electrons. The fourth-order valence-corrected chi connectivity index (χ4v) is 6.91. The number of nitrogens with two attached hydrogens (primary N) is 1. The number of para-hydroxylation sites is 2. The van der Waals surface area contributed by atoms with Crippen molar-refractivity contribution in [2.75, 3.05) is 5.73 Å². The van der Waals surface area contributed by atoms with Gasteiger partial charge in [-0.15, -0.1) is 0 Å². The lowest BCUT2D eigenvalue weighted by molar-refractivity contribution is 0.668. The lowest BCUT2D eigenvalue weighted by atomic mass is 10.00. The molecule has 8 aromatic carbocycles. The summed E-state index contributed by atoms with van der Waals surface area (Å²) in [7, 11) is 0. The maximum atomic E-state index is 6.01. The Labute approximate surface area is 317 Å². The first-order valence-electron chi connectivity index (χ1n) is 17.6. The SMILES string of the molecule is Brc1ccc2c(c1)oc1ccccc12.Nc1ccc(-c2ccccc2)cc1.c1ccc(-c2ccc(Cc3ccc4c(c3)oc3ccccc34)cc2)cc1. The van der Waals surface area contributed by atoms with E-state index in [1.807, 2.05) is 91.0 Å². The molecule has 0 aliphatic rings. The number of hydrogen-bond acceptors (Lipinski definition) is 3. The molecule has 0 aliphatic carbocycles. The van der Waals surface area contributed by atoms with Crippen LogP contribution in [0.15, 0.2) is 207 Å². The van der Waals surface area contributed by atoms with E-state index in [1.54, 1.807) is 0 Å². The highest BCUT2D eigenvalue weighted by atomic mass is 79.9. The van der Waals surface area contributed by atoms with Gasteiger partial charge in [0.05, 0.1) is 0 Å². The predicted octanol–water partition coefficient (Wildman–Crippen LogP) is 14.1. The Morgan fingerprint density at radius 2 is 0.774 bits per heavy atom. The van der Waals surface area contributed by atoms with Crippen LogP contribution < -0.4 is 5.73 Å². The van der Waals surface area contributed by atoms with Crippen molar-refractivity contribution in [3.8, 4) is 22.3 Å². The highest BCUT2D eigenvalue weighted by molar-refractivity contribution is 9.10. The Hall–Kier alpha value is -6.36. The molecule has 0 saturated carbocycles. The Kier molecular flexibility index (Phi) is 9.86. The van der Waals surface area contributed by atoms with Crippen molar-refractivity contribution in [1.82, 2.24) is 0 Å². The van der Waals surface area contributed by atoms with E-state index in [9.17, 15) is 0 Å². The molecule has 4 heteroatoms. The molecule has 0 atom stereocenters. The van der Waals surface area contributed by atoms with Crippen molar-refractivity contribution in [2.45, 2.75) is 6.42 Å². The van der Waals surface area contributed by atoms with Crippen LogP contribution in [0.4, 0.5) is 5.69 Å². The Balaban J connectivity index is 0.000000125. The summed E-state index contributed by atoms with van der Waals surface area (Å²) >= 11 is 3.43. The van der Waals surface area contributed by atoms with Gasteiger partial charge < -0.3 is 14.6 Å². The number of anilines is 1. The summed E-state index contributed by atoms with van der Waals surface area (Å²) in [6, 6.07) is 66.4. The van der Waals surface area contributed by atoms with E-state index in [1.165, 1.54) is 54.9 Å². The molecule has 53 heavy (non-hydrogen) atoms. The van der Waals surface area contributed by atoms with Gasteiger partial charge in [-0.05, 0) is 88.3 Å². The molecule has 2 N–H and O–H groups in total. The summed E-state index contributed by atoms with van der Waals surface area (Å²) in [5.74, 6) is 0. The second-order valence-corrected chi connectivity index (χ2v) is 13.8. The number of benzene rings is 8. The minimum absolute atomic E-state index is 0.805. The van der Waals surface area contributed by atoms with Crippen LogP contribution in [0.25, 0.3) is 66.1 Å². The second-order valence-electron chi connectivity index (χ2n) is 12.9. The van der Waals surface area contributed by atoms with Crippen molar-refractivity contribution in [2.24, 2.45) is 0 Å². The minimum Gasteiger partial charge on any atom is -0.456 e. The van der Waals surface area contributed by atoms with Crippen LogP contribution in [0.2, 0.25) is 0 Å². The van der Waals surface area contributed by atoms with Gasteiger partial charge in [0.1, 0.15) is 22.3 Å². The summed E-state index contributed by atoms with van der Waals surface area (Å²) in [6.07, 6.45) is 0.905. The van der Waals surface area contributed by atoms with Crippen molar-refractivity contribution in [3.63, 3.8) is 0 Å². The quantitative estimate of drug-likeness (QED) is 0.182. The van der Waals surface area contributed by atoms with Crippen LogP contribution in [0, 0.1) is 0 Å². The largest absolute Gasteiger partial charge is 0.456 e. The molecule has 0 spiro atoms. The third-order valence-corrected chi connectivity index (χ3v) is 9.76. The standard InChI is InChI=1S/C25H18O.C12H7BrO.C12H11N/c1-2-6-20(7-3-1)21-13-10-18(11-14-21)16-19-12-15-23-22-8-4-5-9-24(22)26-25(23)17-19;13-8-5-6-10-9-3-1-2-4-11(9)14-12(10)7-8;13-12-8-6-11(7-9-12)10-4-2-1-3-5-10/h1-15,17H,16H2;1-7H;1-9H,13H2. The molecule has 0 fully saturated rings. The highest BCUT2D eigenvalue weighted by Crippen LogP contribution is 2.31. The smallest absolute Gasteiger partial charge is 0.136 e. The van der Waals surface area contributed by atoms with E-state index in [2.05, 4.69) is 119 Å². The van der Waals surface area contributed by atoms with Gasteiger partial charge in [0.2, 0.25) is 0 Å². The molecule has 10 rings (SSSR count). The first-order valence-corrected chi connectivity index (χ1v) is 18.4. The van der Waals surface area contributed by atoms with Gasteiger partial charge >= 0.3 is 0 Å². The van der Waals surface area contributed by atoms with E-state index in [0.717, 1.165) is 38.9 Å². The summed E-state index contributed by atoms with van der Waals surface area (Å²) in [4.78, 5) is 0. The van der Waals surface area contributed by atoms with Crippen LogP contribution in [-0.4, -0.2) is 0 Å². The molecular weight excluding hydrogens is 714 g/mol. The van der Waals surface area contributed by atoms with Gasteiger partial charge in [-0.3, -0.25) is 0 Å². The monoisotopic (exact) mass is 749 g/mol. The lowest BCUT2D eigenvalue weighted by Crippen LogP contribution is -1.88. The zero-order valence-corrected chi connectivity index (χ0v) is 30.5. The molecular formula is C49H36BrNO2. The van der Waals surface area contributed by atoms with E-state index in [4.69, 9.17) is 14.6 Å². The van der Waals surface area contributed by atoms with Crippen molar-refractivity contribution in [1.29, 1.82) is 0 Å². The Bertz CT molecular complexity index is 2750. The normalized spacial score (nSPS) is 10.9. The molecule has 2 heterocycles.